The Kier molecular flexibility index (Phi) is 5.01. The van der Waals surface area contributed by atoms with Gasteiger partial charge in [0.15, 0.2) is 0 Å². The van der Waals surface area contributed by atoms with Crippen molar-refractivity contribution in [2.75, 3.05) is 12.4 Å². The molecule has 1 saturated heterocycles. The molecular formula is C17H20N6O3S. The minimum Gasteiger partial charge on any atom is -0.325 e. The van der Waals surface area contributed by atoms with Gasteiger partial charge in [0.25, 0.3) is 10.2 Å². The van der Waals surface area contributed by atoms with Crippen LogP contribution in [-0.2, 0) is 22.1 Å². The molecule has 0 radical (unpaired) electrons. The van der Waals surface area contributed by atoms with Crippen LogP contribution >= 0.6 is 0 Å². The molecule has 1 aromatic carbocycles. The average Bonchev–Trinajstić information content (AvgIpc) is 2.96. The molecule has 1 aromatic heterocycles. The number of likely N-dealkylation sites (N-methyl/N-ethyl adjacent to an activating group) is 1. The van der Waals surface area contributed by atoms with Gasteiger partial charge in [-0.2, -0.15) is 27.8 Å². The Morgan fingerprint density at radius 3 is 2.56 bits per heavy atom. The van der Waals surface area contributed by atoms with Gasteiger partial charge in [-0.25, -0.2) is 0 Å². The summed E-state index contributed by atoms with van der Waals surface area (Å²) in [5, 5.41) is 15.8. The highest BCUT2D eigenvalue weighted by Crippen LogP contribution is 2.29. The number of aryl methyl sites for hydroxylation is 2. The van der Waals surface area contributed by atoms with Gasteiger partial charge in [0.2, 0.25) is 5.91 Å². The summed E-state index contributed by atoms with van der Waals surface area (Å²) in [6, 6.07) is 6.96. The smallest absolute Gasteiger partial charge is 0.280 e. The molecule has 2 heterocycles. The van der Waals surface area contributed by atoms with Gasteiger partial charge in [-0.15, -0.1) is 0 Å². The Hall–Kier alpha value is -2.74. The van der Waals surface area contributed by atoms with Gasteiger partial charge in [0.1, 0.15) is 6.04 Å². The summed E-state index contributed by atoms with van der Waals surface area (Å²) in [5.41, 5.74) is 2.42. The molecule has 10 heteroatoms. The number of nitrogens with one attached hydrogen (secondary N) is 2. The molecule has 0 aliphatic carbocycles. The fraction of sp³-hybridized carbons (Fsp3) is 0.353. The molecule has 1 aliphatic rings. The Morgan fingerprint density at radius 2 is 2.00 bits per heavy atom. The van der Waals surface area contributed by atoms with Crippen molar-refractivity contribution in [1.82, 2.24) is 18.8 Å². The van der Waals surface area contributed by atoms with Gasteiger partial charge in [-0.05, 0) is 37.6 Å². The summed E-state index contributed by atoms with van der Waals surface area (Å²) in [5.74, 6) is -0.432. The van der Waals surface area contributed by atoms with Crippen molar-refractivity contribution in [3.05, 3.63) is 47.3 Å². The third kappa shape index (κ3) is 3.85. The molecule has 1 fully saturated rings. The second-order valence-corrected chi connectivity index (χ2v) is 8.23. The SMILES string of the molecule is Cc1nn(C)cc1[C@H]1C[C@@H](C(=O)Nc2ccc(C#N)cc2)N(C)S(=O)(=O)N1. The standard InChI is InChI=1S/C17H20N6O3S/c1-11-14(10-22(2)20-11)15-8-16(23(3)27(25,26)21-15)17(24)19-13-6-4-12(9-18)5-7-13/h4-7,10,15-16,21H,8H2,1-3H3,(H,19,24)/t15-,16+/m1/s1. The predicted molar refractivity (Wildman–Crippen MR) is 98.7 cm³/mol. The number of amides is 1. The van der Waals surface area contributed by atoms with Gasteiger partial charge in [0.05, 0.1) is 23.4 Å². The molecule has 0 saturated carbocycles. The molecule has 0 bridgehead atoms. The topological polar surface area (TPSA) is 120 Å². The van der Waals surface area contributed by atoms with Crippen LogP contribution < -0.4 is 10.0 Å². The van der Waals surface area contributed by atoms with E-state index >= 15 is 0 Å². The third-order valence-corrected chi connectivity index (χ3v) is 6.17. The molecule has 27 heavy (non-hydrogen) atoms. The van der Waals surface area contributed by atoms with Crippen molar-refractivity contribution >= 4 is 21.8 Å². The van der Waals surface area contributed by atoms with E-state index in [1.165, 1.54) is 7.05 Å². The summed E-state index contributed by atoms with van der Waals surface area (Å²) < 4.78 is 30.3. The third-order valence-electron chi connectivity index (χ3n) is 4.58. The van der Waals surface area contributed by atoms with E-state index in [4.69, 9.17) is 5.26 Å². The van der Waals surface area contributed by atoms with E-state index in [9.17, 15) is 13.2 Å². The zero-order valence-electron chi connectivity index (χ0n) is 15.2. The molecule has 142 valence electrons. The van der Waals surface area contributed by atoms with Gasteiger partial charge >= 0.3 is 0 Å². The first kappa shape index (κ1) is 19.0. The van der Waals surface area contributed by atoms with Gasteiger partial charge in [0, 0.05) is 31.5 Å². The van der Waals surface area contributed by atoms with Crippen molar-refractivity contribution in [2.24, 2.45) is 7.05 Å². The number of hydrogen-bond acceptors (Lipinski definition) is 5. The normalized spacial score (nSPS) is 22.1. The molecule has 2 aromatic rings. The Balaban J connectivity index is 1.84. The predicted octanol–water partition coefficient (Wildman–Crippen LogP) is 0.819. The van der Waals surface area contributed by atoms with E-state index in [2.05, 4.69) is 15.1 Å². The van der Waals surface area contributed by atoms with E-state index in [1.54, 1.807) is 49.1 Å². The highest BCUT2D eigenvalue weighted by Gasteiger charge is 2.41. The zero-order valence-corrected chi connectivity index (χ0v) is 16.0. The van der Waals surface area contributed by atoms with E-state index in [-0.39, 0.29) is 6.42 Å². The molecule has 1 amide bonds. The second kappa shape index (κ2) is 7.11. The number of rotatable bonds is 3. The number of anilines is 1. The minimum absolute atomic E-state index is 0.268. The molecule has 0 unspecified atom stereocenters. The lowest BCUT2D eigenvalue weighted by atomic mass is 10.00. The number of carbonyl (C=O) groups is 1. The molecule has 2 atom stereocenters. The summed E-state index contributed by atoms with van der Waals surface area (Å²) in [7, 11) is -0.689. The van der Waals surface area contributed by atoms with Crippen molar-refractivity contribution < 1.29 is 13.2 Å². The van der Waals surface area contributed by atoms with E-state index in [0.29, 0.717) is 16.9 Å². The van der Waals surface area contributed by atoms with Crippen LogP contribution in [0.1, 0.15) is 29.3 Å². The second-order valence-electron chi connectivity index (χ2n) is 6.47. The summed E-state index contributed by atoms with van der Waals surface area (Å²) in [6.45, 7) is 1.80. The van der Waals surface area contributed by atoms with Crippen LogP contribution in [0.5, 0.6) is 0 Å². The molecule has 3 rings (SSSR count). The van der Waals surface area contributed by atoms with Crippen LogP contribution in [0.2, 0.25) is 0 Å². The van der Waals surface area contributed by atoms with Crippen LogP contribution in [0.25, 0.3) is 0 Å². The van der Waals surface area contributed by atoms with Crippen molar-refractivity contribution in [3.63, 3.8) is 0 Å². The van der Waals surface area contributed by atoms with Crippen molar-refractivity contribution in [1.29, 1.82) is 5.26 Å². The Morgan fingerprint density at radius 1 is 1.33 bits per heavy atom. The van der Waals surface area contributed by atoms with Crippen LogP contribution in [0.3, 0.4) is 0 Å². The van der Waals surface area contributed by atoms with E-state index in [0.717, 1.165) is 9.87 Å². The summed E-state index contributed by atoms with van der Waals surface area (Å²) >= 11 is 0. The quantitative estimate of drug-likeness (QED) is 0.806. The van der Waals surface area contributed by atoms with Crippen molar-refractivity contribution in [2.45, 2.75) is 25.4 Å². The van der Waals surface area contributed by atoms with E-state index < -0.39 is 28.2 Å². The van der Waals surface area contributed by atoms with Crippen LogP contribution in [0.15, 0.2) is 30.5 Å². The van der Waals surface area contributed by atoms with Crippen LogP contribution in [-0.4, -0.2) is 41.5 Å². The highest BCUT2D eigenvalue weighted by molar-refractivity contribution is 7.87. The number of nitriles is 1. The first-order chi connectivity index (χ1) is 12.7. The molecule has 1 aliphatic heterocycles. The molecule has 9 nitrogen and oxygen atoms in total. The number of benzene rings is 1. The Labute approximate surface area is 157 Å². The number of carbonyl (C=O) groups excluding carboxylic acids is 1. The summed E-state index contributed by atoms with van der Waals surface area (Å²) in [4.78, 5) is 12.8. The zero-order chi connectivity index (χ0) is 19.8. The lowest BCUT2D eigenvalue weighted by Crippen LogP contribution is -2.56. The lowest BCUT2D eigenvalue weighted by molar-refractivity contribution is -0.120. The number of aromatic nitrogens is 2. The monoisotopic (exact) mass is 388 g/mol. The van der Waals surface area contributed by atoms with Gasteiger partial charge in [-0.3, -0.25) is 9.48 Å². The average molecular weight is 388 g/mol. The molecular weight excluding hydrogens is 368 g/mol. The minimum atomic E-state index is -3.82. The van der Waals surface area contributed by atoms with Gasteiger partial charge in [-0.1, -0.05) is 0 Å². The fourth-order valence-corrected chi connectivity index (χ4v) is 4.39. The van der Waals surface area contributed by atoms with Crippen molar-refractivity contribution in [3.8, 4) is 6.07 Å². The van der Waals surface area contributed by atoms with Gasteiger partial charge < -0.3 is 5.32 Å². The Bertz CT molecular complexity index is 1010. The maximum atomic E-state index is 12.8. The molecule has 0 spiro atoms. The van der Waals surface area contributed by atoms with Crippen LogP contribution in [0.4, 0.5) is 5.69 Å². The first-order valence-corrected chi connectivity index (χ1v) is 9.71. The maximum absolute atomic E-state index is 12.8. The number of nitrogens with zero attached hydrogens (tertiary/aromatic N) is 4. The lowest BCUT2D eigenvalue weighted by Gasteiger charge is -2.36. The maximum Gasteiger partial charge on any atom is 0.280 e. The first-order valence-electron chi connectivity index (χ1n) is 8.27. The number of hydrogen-bond donors (Lipinski definition) is 2. The van der Waals surface area contributed by atoms with E-state index in [1.807, 2.05) is 6.07 Å². The highest BCUT2D eigenvalue weighted by atomic mass is 32.2. The largest absolute Gasteiger partial charge is 0.325 e. The summed E-state index contributed by atoms with van der Waals surface area (Å²) in [6.07, 6.45) is 2.02. The van der Waals surface area contributed by atoms with Crippen LogP contribution in [0, 0.1) is 18.3 Å². The molecule has 2 N–H and O–H groups in total. The fourth-order valence-electron chi connectivity index (χ4n) is 3.13.